The highest BCUT2D eigenvalue weighted by atomic mass is 35.5. The van der Waals surface area contributed by atoms with Gasteiger partial charge in [-0.3, -0.25) is 0 Å². The van der Waals surface area contributed by atoms with Crippen molar-refractivity contribution < 1.29 is 9.47 Å². The van der Waals surface area contributed by atoms with E-state index in [9.17, 15) is 0 Å². The minimum Gasteiger partial charge on any atom is -0.454 e. The van der Waals surface area contributed by atoms with Gasteiger partial charge in [0, 0.05) is 22.7 Å². The van der Waals surface area contributed by atoms with E-state index in [1.165, 1.54) is 0 Å². The summed E-state index contributed by atoms with van der Waals surface area (Å²) in [7, 11) is 0. The Morgan fingerprint density at radius 3 is 2.82 bits per heavy atom. The highest BCUT2D eigenvalue weighted by Gasteiger charge is 2.19. The monoisotopic (exact) mass is 311 g/mol. The summed E-state index contributed by atoms with van der Waals surface area (Å²) >= 11 is 6.06. The number of ether oxygens (including phenoxy) is 2. The van der Waals surface area contributed by atoms with Gasteiger partial charge in [0.1, 0.15) is 12.4 Å². The molecule has 2 heterocycles. The van der Waals surface area contributed by atoms with Crippen molar-refractivity contribution in [2.24, 2.45) is 0 Å². The van der Waals surface area contributed by atoms with E-state index in [0.717, 1.165) is 16.6 Å². The Morgan fingerprint density at radius 2 is 2.05 bits per heavy atom. The summed E-state index contributed by atoms with van der Waals surface area (Å²) in [4.78, 5) is 4.64. The Bertz CT molecular complexity index is 927. The summed E-state index contributed by atoms with van der Waals surface area (Å²) in [6, 6.07) is 13.3. The highest BCUT2D eigenvalue weighted by molar-refractivity contribution is 6.30. The van der Waals surface area contributed by atoms with Gasteiger partial charge in [-0.1, -0.05) is 23.7 Å². The lowest BCUT2D eigenvalue weighted by atomic mass is 10.2. The van der Waals surface area contributed by atoms with E-state index in [4.69, 9.17) is 26.3 Å². The Morgan fingerprint density at radius 1 is 1.23 bits per heavy atom. The average molecular weight is 312 g/mol. The second-order valence-electron chi connectivity index (χ2n) is 4.88. The van der Waals surface area contributed by atoms with Gasteiger partial charge < -0.3 is 14.0 Å². The molecule has 3 aromatic rings. The van der Waals surface area contributed by atoms with Crippen LogP contribution in [0.25, 0.3) is 22.4 Å². The molecule has 0 saturated carbocycles. The minimum atomic E-state index is 0.192. The molecule has 6 heteroatoms. The molecule has 0 atom stereocenters. The fraction of sp³-hybridized carbons (Fsp3) is 0.125. The first-order valence-electron chi connectivity index (χ1n) is 6.69. The lowest BCUT2D eigenvalue weighted by Crippen LogP contribution is -1.98. The molecule has 0 saturated heterocycles. The summed E-state index contributed by atoms with van der Waals surface area (Å²) in [5.41, 5.74) is 2.45. The average Bonchev–Trinajstić information content (AvgIpc) is 3.10. The largest absolute Gasteiger partial charge is 0.454 e. The van der Waals surface area contributed by atoms with Gasteiger partial charge in [-0.15, -0.1) is 0 Å². The van der Waals surface area contributed by atoms with Crippen molar-refractivity contribution in [2.45, 2.75) is 6.54 Å². The number of fused-ring (bicyclic) bond motifs is 2. The molecule has 0 radical (unpaired) electrons. The first-order chi connectivity index (χ1) is 10.8. The van der Waals surface area contributed by atoms with E-state index in [0.29, 0.717) is 22.3 Å². The molecule has 1 aliphatic rings. The van der Waals surface area contributed by atoms with Crippen LogP contribution in [0.4, 0.5) is 0 Å². The van der Waals surface area contributed by atoms with Crippen molar-refractivity contribution in [1.82, 2.24) is 9.55 Å². The topological polar surface area (TPSA) is 60.1 Å². The number of benzene rings is 2. The van der Waals surface area contributed by atoms with Crippen molar-refractivity contribution in [3.63, 3.8) is 0 Å². The number of aromatic nitrogens is 2. The second-order valence-corrected chi connectivity index (χ2v) is 5.32. The molecule has 0 aliphatic carbocycles. The molecule has 22 heavy (non-hydrogen) atoms. The third-order valence-electron chi connectivity index (χ3n) is 3.55. The second kappa shape index (κ2) is 4.93. The van der Waals surface area contributed by atoms with E-state index in [2.05, 4.69) is 11.1 Å². The van der Waals surface area contributed by atoms with Gasteiger partial charge >= 0.3 is 0 Å². The van der Waals surface area contributed by atoms with Crippen molar-refractivity contribution in [3.8, 4) is 29.0 Å². The van der Waals surface area contributed by atoms with Crippen molar-refractivity contribution in [3.05, 3.63) is 41.4 Å². The van der Waals surface area contributed by atoms with E-state index >= 15 is 0 Å². The van der Waals surface area contributed by atoms with Crippen molar-refractivity contribution in [1.29, 1.82) is 5.26 Å². The van der Waals surface area contributed by atoms with Crippen LogP contribution in [0.5, 0.6) is 11.5 Å². The van der Waals surface area contributed by atoms with Crippen molar-refractivity contribution >= 4 is 22.6 Å². The summed E-state index contributed by atoms with van der Waals surface area (Å²) in [5.74, 6) is 2.04. The number of nitrogens with zero attached hydrogens (tertiary/aromatic N) is 3. The lowest BCUT2D eigenvalue weighted by Gasteiger charge is -2.05. The highest BCUT2D eigenvalue weighted by Crippen LogP contribution is 2.37. The summed E-state index contributed by atoms with van der Waals surface area (Å²) in [6.07, 6.45) is 0. The summed E-state index contributed by atoms with van der Waals surface area (Å²) < 4.78 is 12.6. The normalized spacial score (nSPS) is 12.5. The molecular weight excluding hydrogens is 302 g/mol. The molecule has 5 nitrogen and oxygen atoms in total. The van der Waals surface area contributed by atoms with Crippen LogP contribution < -0.4 is 9.47 Å². The number of halogens is 1. The third kappa shape index (κ3) is 1.97. The maximum atomic E-state index is 9.14. The molecule has 0 N–H and O–H groups in total. The first-order valence-corrected chi connectivity index (χ1v) is 7.07. The number of hydrogen-bond donors (Lipinski definition) is 0. The fourth-order valence-corrected chi connectivity index (χ4v) is 2.78. The van der Waals surface area contributed by atoms with Crippen LogP contribution in [0.2, 0.25) is 5.02 Å². The van der Waals surface area contributed by atoms with E-state index < -0.39 is 0 Å². The molecule has 0 unspecified atom stereocenters. The zero-order valence-electron chi connectivity index (χ0n) is 11.4. The molecule has 0 bridgehead atoms. The van der Waals surface area contributed by atoms with Crippen LogP contribution in [-0.4, -0.2) is 16.3 Å². The number of rotatable bonds is 2. The van der Waals surface area contributed by atoms with Gasteiger partial charge in [0.25, 0.3) is 0 Å². The van der Waals surface area contributed by atoms with Crippen LogP contribution >= 0.6 is 11.6 Å². The van der Waals surface area contributed by atoms with E-state index in [-0.39, 0.29) is 13.3 Å². The van der Waals surface area contributed by atoms with Crippen LogP contribution in [0.1, 0.15) is 0 Å². The minimum absolute atomic E-state index is 0.192. The Labute approximate surface area is 131 Å². The standard InChI is InChI=1S/C16H10ClN3O2/c17-11-3-1-2-10(6-11)16-19-12-7-14-15(22-9-21-14)8-13(12)20(16)5-4-18/h1-3,6-8H,5,9H2. The van der Waals surface area contributed by atoms with Gasteiger partial charge in [-0.2, -0.15) is 5.26 Å². The van der Waals surface area contributed by atoms with Crippen LogP contribution in [-0.2, 0) is 6.54 Å². The maximum Gasteiger partial charge on any atom is 0.231 e. The third-order valence-corrected chi connectivity index (χ3v) is 3.79. The molecular formula is C16H10ClN3O2. The van der Waals surface area contributed by atoms with Crippen molar-refractivity contribution in [2.75, 3.05) is 6.79 Å². The molecule has 0 fully saturated rings. The van der Waals surface area contributed by atoms with Gasteiger partial charge in [0.05, 0.1) is 17.1 Å². The smallest absolute Gasteiger partial charge is 0.231 e. The predicted octanol–water partition coefficient (Wildman–Crippen LogP) is 3.61. The van der Waals surface area contributed by atoms with Gasteiger partial charge in [-0.05, 0) is 12.1 Å². The molecule has 2 aromatic carbocycles. The molecule has 108 valence electrons. The Balaban J connectivity index is 1.98. The van der Waals surface area contributed by atoms with Gasteiger partial charge in [0.15, 0.2) is 11.5 Å². The van der Waals surface area contributed by atoms with E-state index in [1.54, 1.807) is 6.07 Å². The quantitative estimate of drug-likeness (QED) is 0.725. The molecule has 1 aliphatic heterocycles. The lowest BCUT2D eigenvalue weighted by molar-refractivity contribution is 0.174. The molecule has 1 aromatic heterocycles. The number of nitriles is 1. The van der Waals surface area contributed by atoms with Gasteiger partial charge in [-0.25, -0.2) is 4.98 Å². The maximum absolute atomic E-state index is 9.14. The summed E-state index contributed by atoms with van der Waals surface area (Å²) in [5, 5.41) is 9.76. The molecule has 0 spiro atoms. The van der Waals surface area contributed by atoms with Crippen LogP contribution in [0.15, 0.2) is 36.4 Å². The van der Waals surface area contributed by atoms with Crippen LogP contribution in [0.3, 0.4) is 0 Å². The SMILES string of the molecule is N#CCn1c(-c2cccc(Cl)c2)nc2cc3c(cc21)OCO3. The first kappa shape index (κ1) is 13.0. The van der Waals surface area contributed by atoms with E-state index in [1.807, 2.05) is 34.9 Å². The number of hydrogen-bond acceptors (Lipinski definition) is 4. The zero-order chi connectivity index (χ0) is 15.1. The van der Waals surface area contributed by atoms with Gasteiger partial charge in [0.2, 0.25) is 6.79 Å². The fourth-order valence-electron chi connectivity index (χ4n) is 2.59. The molecule has 0 amide bonds. The Kier molecular flexibility index (Phi) is 2.91. The Hall–Kier alpha value is -2.71. The summed E-state index contributed by atoms with van der Waals surface area (Å²) in [6.45, 7) is 0.402. The number of imidazole rings is 1. The molecule has 4 rings (SSSR count). The predicted molar refractivity (Wildman–Crippen MR) is 81.9 cm³/mol. The van der Waals surface area contributed by atoms with Crippen LogP contribution in [0, 0.1) is 11.3 Å². The zero-order valence-corrected chi connectivity index (χ0v) is 12.2.